The maximum absolute atomic E-state index is 12.4. The number of carbonyl (C=O) groups is 2. The van der Waals surface area contributed by atoms with Crippen LogP contribution in [-0.4, -0.2) is 34.2 Å². The first-order valence-corrected chi connectivity index (χ1v) is 10.2. The zero-order valence-corrected chi connectivity index (χ0v) is 17.0. The Labute approximate surface area is 172 Å². The molecule has 0 aliphatic heterocycles. The Hall–Kier alpha value is -3.13. The highest BCUT2D eigenvalue weighted by molar-refractivity contribution is 7.99. The van der Waals surface area contributed by atoms with Gasteiger partial charge in [-0.25, -0.2) is 0 Å². The summed E-state index contributed by atoms with van der Waals surface area (Å²) in [4.78, 5) is 23.8. The van der Waals surface area contributed by atoms with Crippen LogP contribution in [0.5, 0.6) is 5.75 Å². The summed E-state index contributed by atoms with van der Waals surface area (Å²) in [6.45, 7) is 4.31. The molecule has 3 aromatic rings. The summed E-state index contributed by atoms with van der Waals surface area (Å²) in [7, 11) is 0. The summed E-state index contributed by atoms with van der Waals surface area (Å²) >= 11 is 1.18. The van der Waals surface area contributed by atoms with Crippen LogP contribution in [-0.2, 0) is 4.79 Å². The number of benzene rings is 2. The SMILES string of the molecule is CCOc1ccc(-c2nnc(SCC(=O)c3ccc(NC(=O)CC)cc3)o2)cc1. The Balaban J connectivity index is 1.56. The van der Waals surface area contributed by atoms with Gasteiger partial charge in [-0.2, -0.15) is 0 Å². The van der Waals surface area contributed by atoms with Crippen molar-refractivity contribution in [3.05, 3.63) is 54.1 Å². The van der Waals surface area contributed by atoms with Crippen molar-refractivity contribution in [2.45, 2.75) is 25.5 Å². The molecular formula is C21H21N3O4S. The van der Waals surface area contributed by atoms with Gasteiger partial charge >= 0.3 is 0 Å². The second kappa shape index (κ2) is 9.88. The van der Waals surface area contributed by atoms with Gasteiger partial charge < -0.3 is 14.5 Å². The standard InChI is InChI=1S/C21H21N3O4S/c1-3-19(26)22-16-9-5-14(6-10-16)18(25)13-29-21-24-23-20(28-21)15-7-11-17(12-8-15)27-4-2/h5-12H,3-4,13H2,1-2H3,(H,22,26). The van der Waals surface area contributed by atoms with E-state index < -0.39 is 0 Å². The third-order valence-electron chi connectivity index (χ3n) is 3.96. The monoisotopic (exact) mass is 411 g/mol. The number of ether oxygens (including phenoxy) is 1. The van der Waals surface area contributed by atoms with Crippen molar-refractivity contribution in [1.82, 2.24) is 10.2 Å². The average molecular weight is 411 g/mol. The van der Waals surface area contributed by atoms with E-state index in [4.69, 9.17) is 9.15 Å². The second-order valence-electron chi connectivity index (χ2n) is 6.02. The van der Waals surface area contributed by atoms with Crippen molar-refractivity contribution >= 4 is 29.1 Å². The van der Waals surface area contributed by atoms with Gasteiger partial charge in [0.1, 0.15) is 5.75 Å². The van der Waals surface area contributed by atoms with E-state index in [0.29, 0.717) is 35.4 Å². The fourth-order valence-corrected chi connectivity index (χ4v) is 3.10. The summed E-state index contributed by atoms with van der Waals surface area (Å²) < 4.78 is 11.0. The van der Waals surface area contributed by atoms with Crippen molar-refractivity contribution in [2.24, 2.45) is 0 Å². The van der Waals surface area contributed by atoms with Crippen LogP contribution < -0.4 is 10.1 Å². The first-order valence-electron chi connectivity index (χ1n) is 9.21. The summed E-state index contributed by atoms with van der Waals surface area (Å²) in [5, 5.41) is 11.1. The van der Waals surface area contributed by atoms with Crippen molar-refractivity contribution in [3.63, 3.8) is 0 Å². The van der Waals surface area contributed by atoms with E-state index in [1.54, 1.807) is 31.2 Å². The van der Waals surface area contributed by atoms with Crippen molar-refractivity contribution in [1.29, 1.82) is 0 Å². The third kappa shape index (κ3) is 5.68. The van der Waals surface area contributed by atoms with Crippen LogP contribution in [0.2, 0.25) is 0 Å². The predicted molar refractivity (Wildman–Crippen MR) is 111 cm³/mol. The molecule has 7 nitrogen and oxygen atoms in total. The number of nitrogens with zero attached hydrogens (tertiary/aromatic N) is 2. The van der Waals surface area contributed by atoms with Crippen LogP contribution in [0.3, 0.4) is 0 Å². The Morgan fingerprint density at radius 2 is 1.76 bits per heavy atom. The molecule has 150 valence electrons. The normalized spacial score (nSPS) is 10.6. The minimum atomic E-state index is -0.0700. The molecular weight excluding hydrogens is 390 g/mol. The Morgan fingerprint density at radius 1 is 1.03 bits per heavy atom. The fourth-order valence-electron chi connectivity index (χ4n) is 2.44. The van der Waals surface area contributed by atoms with Crippen LogP contribution in [0.4, 0.5) is 5.69 Å². The predicted octanol–water partition coefficient (Wildman–Crippen LogP) is 4.46. The first kappa shape index (κ1) is 20.6. The minimum absolute atomic E-state index is 0.0656. The quantitative estimate of drug-likeness (QED) is 0.410. The molecule has 0 spiro atoms. The van der Waals surface area contributed by atoms with Crippen molar-refractivity contribution in [2.75, 3.05) is 17.7 Å². The highest BCUT2D eigenvalue weighted by Gasteiger charge is 2.13. The highest BCUT2D eigenvalue weighted by Crippen LogP contribution is 2.25. The Kier molecular flexibility index (Phi) is 7.02. The maximum Gasteiger partial charge on any atom is 0.277 e. The number of Topliss-reactive ketones (excluding diaryl/α,β-unsaturated/α-hetero) is 1. The first-order chi connectivity index (χ1) is 14.1. The zero-order valence-electron chi connectivity index (χ0n) is 16.2. The number of anilines is 1. The Morgan fingerprint density at radius 3 is 2.41 bits per heavy atom. The smallest absolute Gasteiger partial charge is 0.277 e. The molecule has 0 aliphatic rings. The van der Waals surface area contributed by atoms with Gasteiger partial charge in [-0.15, -0.1) is 10.2 Å². The lowest BCUT2D eigenvalue weighted by Crippen LogP contribution is -2.09. The molecule has 3 rings (SSSR count). The molecule has 0 saturated heterocycles. The van der Waals surface area contributed by atoms with E-state index in [1.165, 1.54) is 11.8 Å². The topological polar surface area (TPSA) is 94.3 Å². The van der Waals surface area contributed by atoms with Crippen LogP contribution >= 0.6 is 11.8 Å². The van der Waals surface area contributed by atoms with Gasteiger partial charge in [-0.05, 0) is 55.5 Å². The molecule has 1 N–H and O–H groups in total. The zero-order chi connectivity index (χ0) is 20.6. The summed E-state index contributed by atoms with van der Waals surface area (Å²) in [6.07, 6.45) is 0.403. The van der Waals surface area contributed by atoms with Crippen LogP contribution in [0.1, 0.15) is 30.6 Å². The van der Waals surface area contributed by atoms with E-state index in [2.05, 4.69) is 15.5 Å². The molecule has 0 aliphatic carbocycles. The number of amides is 1. The molecule has 0 radical (unpaired) electrons. The third-order valence-corrected chi connectivity index (χ3v) is 4.78. The highest BCUT2D eigenvalue weighted by atomic mass is 32.2. The number of rotatable bonds is 9. The number of hydrogen-bond donors (Lipinski definition) is 1. The van der Waals surface area contributed by atoms with Gasteiger partial charge in [-0.1, -0.05) is 18.7 Å². The van der Waals surface area contributed by atoms with E-state index in [0.717, 1.165) is 11.3 Å². The van der Waals surface area contributed by atoms with Gasteiger partial charge in [0, 0.05) is 23.2 Å². The lowest BCUT2D eigenvalue weighted by molar-refractivity contribution is -0.115. The number of hydrogen-bond acceptors (Lipinski definition) is 7. The second-order valence-corrected chi connectivity index (χ2v) is 6.95. The fraction of sp³-hybridized carbons (Fsp3) is 0.238. The number of thioether (sulfide) groups is 1. The Bertz CT molecular complexity index is 968. The number of aromatic nitrogens is 2. The molecule has 8 heteroatoms. The number of nitrogens with one attached hydrogen (secondary N) is 1. The summed E-state index contributed by atoms with van der Waals surface area (Å²) in [5.74, 6) is 1.20. The van der Waals surface area contributed by atoms with Crippen LogP contribution in [0.25, 0.3) is 11.5 Å². The van der Waals surface area contributed by atoms with E-state index in [9.17, 15) is 9.59 Å². The van der Waals surface area contributed by atoms with Gasteiger partial charge in [0.05, 0.1) is 12.4 Å². The minimum Gasteiger partial charge on any atom is -0.494 e. The number of ketones is 1. The van der Waals surface area contributed by atoms with E-state index >= 15 is 0 Å². The molecule has 0 atom stereocenters. The molecule has 0 fully saturated rings. The van der Waals surface area contributed by atoms with Crippen molar-refractivity contribution in [3.8, 4) is 17.2 Å². The van der Waals surface area contributed by atoms with Gasteiger partial charge in [0.25, 0.3) is 5.22 Å². The van der Waals surface area contributed by atoms with Crippen LogP contribution in [0.15, 0.2) is 58.2 Å². The molecule has 2 aromatic carbocycles. The lowest BCUT2D eigenvalue weighted by atomic mass is 10.1. The van der Waals surface area contributed by atoms with Gasteiger partial charge in [0.2, 0.25) is 11.8 Å². The molecule has 0 saturated carbocycles. The van der Waals surface area contributed by atoms with Gasteiger partial charge in [-0.3, -0.25) is 9.59 Å². The lowest BCUT2D eigenvalue weighted by Gasteiger charge is -2.04. The van der Waals surface area contributed by atoms with E-state index in [1.807, 2.05) is 31.2 Å². The van der Waals surface area contributed by atoms with E-state index in [-0.39, 0.29) is 17.4 Å². The summed E-state index contributed by atoms with van der Waals surface area (Å²) in [5.41, 5.74) is 2.00. The van der Waals surface area contributed by atoms with Gasteiger partial charge in [0.15, 0.2) is 5.78 Å². The summed E-state index contributed by atoms with van der Waals surface area (Å²) in [6, 6.07) is 14.2. The molecule has 0 unspecified atom stereocenters. The largest absolute Gasteiger partial charge is 0.494 e. The number of carbonyl (C=O) groups excluding carboxylic acids is 2. The van der Waals surface area contributed by atoms with Crippen LogP contribution in [0, 0.1) is 0 Å². The molecule has 29 heavy (non-hydrogen) atoms. The average Bonchev–Trinajstić information content (AvgIpc) is 3.22. The molecule has 1 aromatic heterocycles. The molecule has 1 heterocycles. The molecule has 0 bridgehead atoms. The molecule has 1 amide bonds. The maximum atomic E-state index is 12.4. The van der Waals surface area contributed by atoms with Crippen molar-refractivity contribution < 1.29 is 18.7 Å².